The van der Waals surface area contributed by atoms with E-state index in [9.17, 15) is 4.79 Å². The van der Waals surface area contributed by atoms with Crippen LogP contribution in [0.15, 0.2) is 4.47 Å². The summed E-state index contributed by atoms with van der Waals surface area (Å²) in [7, 11) is 0. The predicted molar refractivity (Wildman–Crippen MR) is 82.6 cm³/mol. The van der Waals surface area contributed by atoms with Gasteiger partial charge in [-0.05, 0) is 54.0 Å². The second-order valence-electron chi connectivity index (χ2n) is 6.16. The van der Waals surface area contributed by atoms with E-state index >= 15 is 0 Å². The first-order valence-electron chi connectivity index (χ1n) is 7.94. The minimum Gasteiger partial charge on any atom is -0.299 e. The fourth-order valence-corrected chi connectivity index (χ4v) is 4.64. The molecule has 1 aromatic rings. The Labute approximate surface area is 129 Å². The van der Waals surface area contributed by atoms with Crippen LogP contribution in [0.1, 0.15) is 50.9 Å². The predicted octanol–water partition coefficient (Wildman–Crippen LogP) is 3.78. The highest BCUT2D eigenvalue weighted by atomic mass is 79.9. The highest BCUT2D eigenvalue weighted by Gasteiger charge is 2.54. The Morgan fingerprint density at radius 1 is 1.30 bits per heavy atom. The van der Waals surface area contributed by atoms with E-state index in [-0.39, 0.29) is 0 Å². The van der Waals surface area contributed by atoms with Crippen LogP contribution in [-0.4, -0.2) is 15.6 Å². The van der Waals surface area contributed by atoms with Crippen molar-refractivity contribution < 1.29 is 4.79 Å². The maximum Gasteiger partial charge on any atom is 0.142 e. The van der Waals surface area contributed by atoms with Gasteiger partial charge in [0.1, 0.15) is 5.78 Å². The van der Waals surface area contributed by atoms with Crippen molar-refractivity contribution in [2.75, 3.05) is 0 Å². The van der Waals surface area contributed by atoms with E-state index in [4.69, 9.17) is 0 Å². The molecule has 0 aliphatic heterocycles. The van der Waals surface area contributed by atoms with Gasteiger partial charge in [-0.1, -0.05) is 19.8 Å². The molecule has 0 spiro atoms. The Morgan fingerprint density at radius 3 is 2.50 bits per heavy atom. The van der Waals surface area contributed by atoms with Crippen LogP contribution in [0.4, 0.5) is 0 Å². The zero-order valence-corrected chi connectivity index (χ0v) is 13.9. The lowest BCUT2D eigenvalue weighted by molar-refractivity contribution is -0.120. The number of carbonyl (C=O) groups excluding carboxylic acids is 1. The molecule has 110 valence electrons. The lowest BCUT2D eigenvalue weighted by Gasteiger charge is -2.04. The van der Waals surface area contributed by atoms with Crippen molar-refractivity contribution in [1.82, 2.24) is 9.78 Å². The Kier molecular flexibility index (Phi) is 4.02. The zero-order chi connectivity index (χ0) is 14.3. The number of hydrogen-bond donors (Lipinski definition) is 0. The number of aromatic nitrogens is 2. The molecule has 2 aliphatic rings. The molecule has 2 fully saturated rings. The Bertz CT molecular complexity index is 511. The van der Waals surface area contributed by atoms with Crippen LogP contribution in [-0.2, 0) is 24.2 Å². The molecule has 2 unspecified atom stereocenters. The number of nitrogens with zero attached hydrogens (tertiary/aromatic N) is 2. The molecule has 1 aromatic heterocycles. The zero-order valence-electron chi connectivity index (χ0n) is 12.4. The van der Waals surface area contributed by atoms with Crippen LogP contribution < -0.4 is 0 Å². The quantitative estimate of drug-likeness (QED) is 0.818. The number of carbonyl (C=O) groups is 1. The molecule has 1 heterocycles. The number of ketones is 1. The molecule has 0 bridgehead atoms. The fourth-order valence-electron chi connectivity index (χ4n) is 3.94. The summed E-state index contributed by atoms with van der Waals surface area (Å²) in [6.45, 7) is 5.02. The van der Waals surface area contributed by atoms with E-state index < -0.39 is 0 Å². The van der Waals surface area contributed by atoms with E-state index in [0.717, 1.165) is 28.8 Å². The molecular formula is C16H23BrN2O. The van der Waals surface area contributed by atoms with Crippen molar-refractivity contribution in [3.63, 3.8) is 0 Å². The molecular weight excluding hydrogens is 316 g/mol. The minimum absolute atomic E-state index is 0.356. The van der Waals surface area contributed by atoms with Gasteiger partial charge >= 0.3 is 0 Å². The molecule has 3 nitrogen and oxygen atoms in total. The van der Waals surface area contributed by atoms with E-state index in [0.29, 0.717) is 30.0 Å². The molecule has 20 heavy (non-hydrogen) atoms. The van der Waals surface area contributed by atoms with Crippen molar-refractivity contribution in [2.24, 2.45) is 17.8 Å². The van der Waals surface area contributed by atoms with Crippen LogP contribution in [0.2, 0.25) is 0 Å². The summed E-state index contributed by atoms with van der Waals surface area (Å²) in [5.41, 5.74) is 2.15. The van der Waals surface area contributed by atoms with Gasteiger partial charge in [0.2, 0.25) is 0 Å². The summed E-state index contributed by atoms with van der Waals surface area (Å²) in [5.74, 6) is 2.21. The largest absolute Gasteiger partial charge is 0.299 e. The first kappa shape index (κ1) is 14.3. The molecule has 0 aromatic carbocycles. The Hall–Kier alpha value is -0.640. The van der Waals surface area contributed by atoms with E-state index in [2.05, 4.69) is 34.9 Å². The third-order valence-electron chi connectivity index (χ3n) is 5.06. The van der Waals surface area contributed by atoms with Gasteiger partial charge in [0.25, 0.3) is 0 Å². The van der Waals surface area contributed by atoms with Gasteiger partial charge in [-0.2, -0.15) is 5.10 Å². The number of halogens is 1. The maximum atomic E-state index is 12.6. The number of aryl methyl sites for hydroxylation is 2. The van der Waals surface area contributed by atoms with Crippen molar-refractivity contribution in [3.05, 3.63) is 15.9 Å². The van der Waals surface area contributed by atoms with Crippen molar-refractivity contribution in [1.29, 1.82) is 0 Å². The maximum absolute atomic E-state index is 12.6. The van der Waals surface area contributed by atoms with Gasteiger partial charge in [-0.25, -0.2) is 0 Å². The van der Waals surface area contributed by atoms with E-state index in [1.807, 2.05) is 4.68 Å². The average Bonchev–Trinajstić information content (AvgIpc) is 3.12. The Morgan fingerprint density at radius 2 is 1.95 bits per heavy atom. The summed E-state index contributed by atoms with van der Waals surface area (Å²) in [6, 6.07) is 0. The van der Waals surface area contributed by atoms with Crippen molar-refractivity contribution in [3.8, 4) is 0 Å². The smallest absolute Gasteiger partial charge is 0.142 e. The van der Waals surface area contributed by atoms with Gasteiger partial charge in [0.05, 0.1) is 15.9 Å². The first-order chi connectivity index (χ1) is 9.67. The summed E-state index contributed by atoms with van der Waals surface area (Å²) < 4.78 is 3.05. The van der Waals surface area contributed by atoms with Gasteiger partial charge in [0.15, 0.2) is 0 Å². The van der Waals surface area contributed by atoms with E-state index in [1.165, 1.54) is 25.7 Å². The summed E-state index contributed by atoms with van der Waals surface area (Å²) >= 11 is 3.64. The van der Waals surface area contributed by atoms with Crippen LogP contribution >= 0.6 is 15.9 Å². The first-order valence-corrected chi connectivity index (χ1v) is 8.73. The third-order valence-corrected chi connectivity index (χ3v) is 5.98. The topological polar surface area (TPSA) is 34.9 Å². The number of Topliss-reactive ketones (excluding diaryl/α,β-unsaturated/α-hetero) is 1. The highest BCUT2D eigenvalue weighted by molar-refractivity contribution is 9.10. The Balaban J connectivity index is 1.74. The monoisotopic (exact) mass is 338 g/mol. The molecule has 2 atom stereocenters. The summed E-state index contributed by atoms with van der Waals surface area (Å²) in [6.07, 6.45) is 6.65. The minimum atomic E-state index is 0.356. The molecule has 0 saturated heterocycles. The van der Waals surface area contributed by atoms with Crippen molar-refractivity contribution in [2.45, 2.75) is 58.9 Å². The third kappa shape index (κ3) is 2.36. The molecule has 2 saturated carbocycles. The molecule has 2 aliphatic carbocycles. The molecule has 0 radical (unpaired) electrons. The number of hydrogen-bond acceptors (Lipinski definition) is 2. The lowest BCUT2D eigenvalue weighted by Crippen LogP contribution is -2.12. The van der Waals surface area contributed by atoms with Crippen LogP contribution in [0.3, 0.4) is 0 Å². The van der Waals surface area contributed by atoms with E-state index in [1.54, 1.807) is 0 Å². The standard InChI is InChI=1S/C16H23BrN2O/c1-3-12-16(17)13(19(4-2)18-12)9-14(20)15-10-7-5-6-8-11(10)15/h10-11,15H,3-9H2,1-2H3. The molecule has 0 N–H and O–H groups in total. The van der Waals surface area contributed by atoms with Gasteiger partial charge in [0, 0.05) is 18.9 Å². The van der Waals surface area contributed by atoms with Gasteiger partial charge < -0.3 is 0 Å². The van der Waals surface area contributed by atoms with Gasteiger partial charge in [-0.3, -0.25) is 9.48 Å². The van der Waals surface area contributed by atoms with Crippen LogP contribution in [0.25, 0.3) is 0 Å². The van der Waals surface area contributed by atoms with Crippen molar-refractivity contribution >= 4 is 21.7 Å². The normalized spacial score (nSPS) is 28.2. The second-order valence-corrected chi connectivity index (χ2v) is 6.95. The highest BCUT2D eigenvalue weighted by Crippen LogP contribution is 2.56. The van der Waals surface area contributed by atoms with Crippen LogP contribution in [0, 0.1) is 17.8 Å². The summed E-state index contributed by atoms with van der Waals surface area (Å²) in [5, 5.41) is 4.59. The number of fused-ring (bicyclic) bond motifs is 1. The fraction of sp³-hybridized carbons (Fsp3) is 0.750. The molecule has 4 heteroatoms. The average molecular weight is 339 g/mol. The second kappa shape index (κ2) is 5.63. The number of rotatable bonds is 5. The van der Waals surface area contributed by atoms with Crippen LogP contribution in [0.5, 0.6) is 0 Å². The molecule has 3 rings (SSSR count). The summed E-state index contributed by atoms with van der Waals surface area (Å²) in [4.78, 5) is 12.6. The lowest BCUT2D eigenvalue weighted by atomic mass is 10.0. The molecule has 0 amide bonds. The van der Waals surface area contributed by atoms with Gasteiger partial charge in [-0.15, -0.1) is 0 Å². The SMILES string of the molecule is CCc1nn(CC)c(CC(=O)C2C3CCCCC32)c1Br.